The Bertz CT molecular complexity index is 1040. The smallest absolute Gasteiger partial charge is 0.319 e. The number of imide groups is 1. The van der Waals surface area contributed by atoms with Crippen molar-refractivity contribution in [2.75, 3.05) is 0 Å². The second-order valence-corrected chi connectivity index (χ2v) is 7.16. The van der Waals surface area contributed by atoms with Crippen LogP contribution in [0.25, 0.3) is 0 Å². The van der Waals surface area contributed by atoms with E-state index in [2.05, 4.69) is 21.2 Å². The van der Waals surface area contributed by atoms with E-state index in [1.54, 1.807) is 25.1 Å². The molecule has 0 bridgehead atoms. The molecule has 3 amide bonds. The lowest BCUT2D eigenvalue weighted by molar-refractivity contribution is -0.131. The number of carbonyl (C=O) groups excluding carboxylic acids is 2. The second-order valence-electron chi connectivity index (χ2n) is 6.30. The predicted octanol–water partition coefficient (Wildman–Crippen LogP) is 0.814. The standard InChI is InChI=1S/C17H17BrN4O4/c1-17(11-6-4-5-7-12(11)18)14(24)22(15(25)19-17)9-10-8-13(23)21(3)16(26)20(10)2/h4-8H,9H2,1-3H3,(H,19,25). The van der Waals surface area contributed by atoms with Crippen LogP contribution in [0.5, 0.6) is 0 Å². The highest BCUT2D eigenvalue weighted by atomic mass is 79.9. The topological polar surface area (TPSA) is 93.4 Å². The van der Waals surface area contributed by atoms with E-state index in [1.807, 2.05) is 6.07 Å². The van der Waals surface area contributed by atoms with Gasteiger partial charge in [0.1, 0.15) is 5.54 Å². The molecule has 0 aliphatic carbocycles. The lowest BCUT2D eigenvalue weighted by atomic mass is 9.92. The minimum atomic E-state index is -1.24. The zero-order valence-electron chi connectivity index (χ0n) is 14.4. The minimum absolute atomic E-state index is 0.174. The van der Waals surface area contributed by atoms with Crippen LogP contribution in [0.3, 0.4) is 0 Å². The van der Waals surface area contributed by atoms with Gasteiger partial charge in [0.25, 0.3) is 11.5 Å². The van der Waals surface area contributed by atoms with Gasteiger partial charge >= 0.3 is 11.7 Å². The van der Waals surface area contributed by atoms with E-state index in [0.717, 1.165) is 9.47 Å². The summed E-state index contributed by atoms with van der Waals surface area (Å²) in [4.78, 5) is 50.4. The Labute approximate surface area is 157 Å². The number of benzene rings is 1. The molecule has 2 aromatic rings. The molecule has 1 atom stereocenters. The van der Waals surface area contributed by atoms with Crippen molar-refractivity contribution in [3.8, 4) is 0 Å². The van der Waals surface area contributed by atoms with Gasteiger partial charge in [-0.05, 0) is 13.0 Å². The van der Waals surface area contributed by atoms with E-state index in [1.165, 1.54) is 24.7 Å². The van der Waals surface area contributed by atoms with Gasteiger partial charge in [0.05, 0.1) is 6.54 Å². The molecular formula is C17H17BrN4O4. The Morgan fingerprint density at radius 2 is 1.73 bits per heavy atom. The predicted molar refractivity (Wildman–Crippen MR) is 97.5 cm³/mol. The molecule has 0 spiro atoms. The number of hydrogen-bond acceptors (Lipinski definition) is 4. The normalized spacial score (nSPS) is 19.8. The van der Waals surface area contributed by atoms with Gasteiger partial charge < -0.3 is 5.32 Å². The number of halogens is 1. The molecular weight excluding hydrogens is 404 g/mol. The minimum Gasteiger partial charge on any atom is -0.319 e. The van der Waals surface area contributed by atoms with Crippen LogP contribution >= 0.6 is 15.9 Å². The van der Waals surface area contributed by atoms with Crippen LogP contribution < -0.4 is 16.6 Å². The summed E-state index contributed by atoms with van der Waals surface area (Å²) in [6, 6.07) is 7.79. The van der Waals surface area contributed by atoms with Crippen molar-refractivity contribution in [2.45, 2.75) is 19.0 Å². The largest absolute Gasteiger partial charge is 0.330 e. The maximum Gasteiger partial charge on any atom is 0.330 e. The second kappa shape index (κ2) is 6.24. The number of nitrogens with zero attached hydrogens (tertiary/aromatic N) is 3. The molecule has 1 aromatic heterocycles. The average Bonchev–Trinajstić information content (AvgIpc) is 2.82. The number of urea groups is 1. The Morgan fingerprint density at radius 3 is 2.38 bits per heavy atom. The van der Waals surface area contributed by atoms with Crippen molar-refractivity contribution < 1.29 is 9.59 Å². The summed E-state index contributed by atoms with van der Waals surface area (Å²) in [5.41, 5.74) is -1.36. The Balaban J connectivity index is 2.00. The van der Waals surface area contributed by atoms with Gasteiger partial charge in [-0.3, -0.25) is 23.6 Å². The summed E-state index contributed by atoms with van der Waals surface area (Å²) in [6.45, 7) is 1.45. The van der Waals surface area contributed by atoms with E-state index >= 15 is 0 Å². The summed E-state index contributed by atoms with van der Waals surface area (Å²) < 4.78 is 2.90. The number of carbonyl (C=O) groups is 2. The molecule has 0 saturated carbocycles. The molecule has 1 saturated heterocycles. The summed E-state index contributed by atoms with van der Waals surface area (Å²) in [5, 5.41) is 2.70. The van der Waals surface area contributed by atoms with Crippen LogP contribution in [0, 0.1) is 0 Å². The highest BCUT2D eigenvalue weighted by Gasteiger charge is 2.49. The van der Waals surface area contributed by atoms with Gasteiger partial charge in [0.2, 0.25) is 0 Å². The highest BCUT2D eigenvalue weighted by molar-refractivity contribution is 9.10. The van der Waals surface area contributed by atoms with Crippen LogP contribution in [0.4, 0.5) is 4.79 Å². The van der Waals surface area contributed by atoms with Crippen molar-refractivity contribution in [1.82, 2.24) is 19.4 Å². The first kappa shape index (κ1) is 18.1. The molecule has 8 nitrogen and oxygen atoms in total. The molecule has 26 heavy (non-hydrogen) atoms. The van der Waals surface area contributed by atoms with Gasteiger partial charge in [0.15, 0.2) is 0 Å². The Morgan fingerprint density at radius 1 is 1.08 bits per heavy atom. The third kappa shape index (κ3) is 2.68. The number of rotatable bonds is 3. The van der Waals surface area contributed by atoms with E-state index in [4.69, 9.17) is 0 Å². The zero-order valence-corrected chi connectivity index (χ0v) is 16.0. The molecule has 1 N–H and O–H groups in total. The van der Waals surface area contributed by atoms with Crippen molar-refractivity contribution in [1.29, 1.82) is 0 Å². The number of aromatic nitrogens is 2. The van der Waals surface area contributed by atoms with Gasteiger partial charge in [-0.25, -0.2) is 9.59 Å². The third-order valence-electron chi connectivity index (χ3n) is 4.63. The first-order valence-corrected chi connectivity index (χ1v) is 8.61. The molecule has 1 aromatic carbocycles. The van der Waals surface area contributed by atoms with Crippen LogP contribution in [-0.4, -0.2) is 26.0 Å². The summed E-state index contributed by atoms with van der Waals surface area (Å²) in [7, 11) is 2.86. The van der Waals surface area contributed by atoms with E-state index in [-0.39, 0.29) is 12.2 Å². The zero-order chi connectivity index (χ0) is 19.2. The summed E-state index contributed by atoms with van der Waals surface area (Å²) in [6.07, 6.45) is 0. The maximum absolute atomic E-state index is 13.0. The van der Waals surface area contributed by atoms with E-state index < -0.39 is 28.7 Å². The van der Waals surface area contributed by atoms with Gasteiger partial charge in [-0.15, -0.1) is 0 Å². The van der Waals surface area contributed by atoms with Gasteiger partial charge in [-0.2, -0.15) is 0 Å². The maximum atomic E-state index is 13.0. The summed E-state index contributed by atoms with van der Waals surface area (Å²) in [5.74, 6) is -0.456. The van der Waals surface area contributed by atoms with Gasteiger partial charge in [0, 0.05) is 35.9 Å². The molecule has 1 aliphatic heterocycles. The van der Waals surface area contributed by atoms with Crippen LogP contribution in [0.1, 0.15) is 18.2 Å². The Kier molecular flexibility index (Phi) is 4.35. The van der Waals surface area contributed by atoms with Crippen LogP contribution in [0.2, 0.25) is 0 Å². The third-order valence-corrected chi connectivity index (χ3v) is 5.32. The van der Waals surface area contributed by atoms with Crippen molar-refractivity contribution >= 4 is 27.9 Å². The fourth-order valence-electron chi connectivity index (χ4n) is 2.98. The SMILES string of the molecule is Cn1c(CN2C(=O)NC(C)(c3ccccc3Br)C2=O)cc(=O)n(C)c1=O. The Hall–Kier alpha value is -2.68. The van der Waals surface area contributed by atoms with E-state index in [9.17, 15) is 19.2 Å². The molecule has 2 heterocycles. The van der Waals surface area contributed by atoms with Gasteiger partial charge in [-0.1, -0.05) is 34.1 Å². The van der Waals surface area contributed by atoms with Crippen molar-refractivity contribution in [3.05, 3.63) is 66.9 Å². The number of nitrogens with one attached hydrogen (secondary N) is 1. The monoisotopic (exact) mass is 420 g/mol. The molecule has 9 heteroatoms. The first-order chi connectivity index (χ1) is 12.2. The molecule has 1 unspecified atom stereocenters. The molecule has 136 valence electrons. The molecule has 0 radical (unpaired) electrons. The van der Waals surface area contributed by atoms with Crippen molar-refractivity contribution in [2.24, 2.45) is 14.1 Å². The highest BCUT2D eigenvalue weighted by Crippen LogP contribution is 2.34. The average molecular weight is 421 g/mol. The van der Waals surface area contributed by atoms with Crippen LogP contribution in [-0.2, 0) is 31.0 Å². The number of hydrogen-bond donors (Lipinski definition) is 1. The quantitative estimate of drug-likeness (QED) is 0.743. The first-order valence-electron chi connectivity index (χ1n) is 7.82. The lowest BCUT2D eigenvalue weighted by Gasteiger charge is -2.23. The molecule has 1 fully saturated rings. The van der Waals surface area contributed by atoms with E-state index in [0.29, 0.717) is 10.0 Å². The lowest BCUT2D eigenvalue weighted by Crippen LogP contribution is -2.42. The number of amides is 3. The fourth-order valence-corrected chi connectivity index (χ4v) is 3.66. The fraction of sp³-hybridized carbons (Fsp3) is 0.294. The van der Waals surface area contributed by atoms with Crippen LogP contribution in [0.15, 0.2) is 44.4 Å². The summed E-state index contributed by atoms with van der Waals surface area (Å²) >= 11 is 3.40. The molecule has 3 rings (SSSR count). The van der Waals surface area contributed by atoms with Crippen molar-refractivity contribution in [3.63, 3.8) is 0 Å². The molecule has 1 aliphatic rings.